The lowest BCUT2D eigenvalue weighted by molar-refractivity contribution is -0.117. The molecule has 0 saturated heterocycles. The standard InChI is InChI=1S/C9H9F5N2/c10-5-1-2-6(15)7(3-5)16-4-9(13,14)8(11)12/h1-3,8,16H,4,15H2. The van der Waals surface area contributed by atoms with Gasteiger partial charge in [0.2, 0.25) is 0 Å². The zero-order chi connectivity index (χ0) is 12.3. The van der Waals surface area contributed by atoms with Gasteiger partial charge < -0.3 is 11.1 Å². The Hall–Kier alpha value is -1.53. The van der Waals surface area contributed by atoms with E-state index in [0.717, 1.165) is 18.2 Å². The third kappa shape index (κ3) is 2.98. The topological polar surface area (TPSA) is 38.0 Å². The Labute approximate surface area is 88.2 Å². The van der Waals surface area contributed by atoms with Gasteiger partial charge in [-0.1, -0.05) is 0 Å². The van der Waals surface area contributed by atoms with E-state index in [4.69, 9.17) is 5.73 Å². The van der Waals surface area contributed by atoms with Gasteiger partial charge in [0.05, 0.1) is 17.9 Å². The highest BCUT2D eigenvalue weighted by atomic mass is 19.3. The Morgan fingerprint density at radius 3 is 2.50 bits per heavy atom. The van der Waals surface area contributed by atoms with Gasteiger partial charge in [-0.2, -0.15) is 8.78 Å². The number of anilines is 2. The van der Waals surface area contributed by atoms with E-state index < -0.39 is 24.7 Å². The summed E-state index contributed by atoms with van der Waals surface area (Å²) in [6.45, 7) is -1.31. The quantitative estimate of drug-likeness (QED) is 0.627. The molecule has 0 aromatic heterocycles. The second-order valence-corrected chi connectivity index (χ2v) is 3.15. The van der Waals surface area contributed by atoms with Gasteiger partial charge in [0.15, 0.2) is 0 Å². The molecule has 0 radical (unpaired) electrons. The van der Waals surface area contributed by atoms with E-state index in [9.17, 15) is 22.0 Å². The molecule has 0 heterocycles. The second kappa shape index (κ2) is 4.54. The van der Waals surface area contributed by atoms with Crippen molar-refractivity contribution in [3.05, 3.63) is 24.0 Å². The molecule has 7 heteroatoms. The van der Waals surface area contributed by atoms with Crippen LogP contribution >= 0.6 is 0 Å². The monoisotopic (exact) mass is 240 g/mol. The van der Waals surface area contributed by atoms with Gasteiger partial charge in [0.1, 0.15) is 5.82 Å². The zero-order valence-electron chi connectivity index (χ0n) is 7.98. The smallest absolute Gasteiger partial charge is 0.324 e. The molecule has 0 fully saturated rings. The summed E-state index contributed by atoms with van der Waals surface area (Å²) in [5.74, 6) is -4.88. The van der Waals surface area contributed by atoms with E-state index in [0.29, 0.717) is 0 Å². The number of benzene rings is 1. The minimum atomic E-state index is -4.18. The zero-order valence-corrected chi connectivity index (χ0v) is 7.98. The molecular formula is C9H9F5N2. The second-order valence-electron chi connectivity index (χ2n) is 3.15. The van der Waals surface area contributed by atoms with Crippen LogP contribution in [0.2, 0.25) is 0 Å². The van der Waals surface area contributed by atoms with Gasteiger partial charge in [-0.15, -0.1) is 0 Å². The lowest BCUT2D eigenvalue weighted by Gasteiger charge is -2.17. The summed E-state index contributed by atoms with van der Waals surface area (Å²) >= 11 is 0. The molecule has 0 amide bonds. The van der Waals surface area contributed by atoms with Crippen molar-refractivity contribution < 1.29 is 22.0 Å². The fourth-order valence-electron chi connectivity index (χ4n) is 0.972. The first-order chi connectivity index (χ1) is 7.33. The first-order valence-corrected chi connectivity index (χ1v) is 4.28. The Balaban J connectivity index is 2.71. The van der Waals surface area contributed by atoms with Crippen LogP contribution in [0.4, 0.5) is 33.3 Å². The number of hydrogen-bond donors (Lipinski definition) is 2. The molecule has 0 bridgehead atoms. The van der Waals surface area contributed by atoms with Crippen molar-refractivity contribution in [1.29, 1.82) is 0 Å². The maximum absolute atomic E-state index is 12.7. The van der Waals surface area contributed by atoms with Crippen LogP contribution in [0.15, 0.2) is 18.2 Å². The molecule has 2 nitrogen and oxygen atoms in total. The van der Waals surface area contributed by atoms with Crippen LogP contribution < -0.4 is 11.1 Å². The van der Waals surface area contributed by atoms with Gasteiger partial charge in [-0.3, -0.25) is 0 Å². The van der Waals surface area contributed by atoms with Crippen LogP contribution in [0.3, 0.4) is 0 Å². The molecule has 0 aliphatic heterocycles. The highest BCUT2D eigenvalue weighted by molar-refractivity contribution is 5.65. The number of alkyl halides is 4. The van der Waals surface area contributed by atoms with E-state index in [1.165, 1.54) is 0 Å². The van der Waals surface area contributed by atoms with Crippen LogP contribution in [0.25, 0.3) is 0 Å². The highest BCUT2D eigenvalue weighted by Gasteiger charge is 2.40. The summed E-state index contributed by atoms with van der Waals surface area (Å²) in [4.78, 5) is 0. The van der Waals surface area contributed by atoms with Crippen LogP contribution in [0, 0.1) is 5.82 Å². The molecule has 0 unspecified atom stereocenters. The third-order valence-corrected chi connectivity index (χ3v) is 1.85. The number of hydrogen-bond acceptors (Lipinski definition) is 2. The molecule has 0 spiro atoms. The van der Waals surface area contributed by atoms with E-state index in [1.54, 1.807) is 0 Å². The third-order valence-electron chi connectivity index (χ3n) is 1.85. The summed E-state index contributed by atoms with van der Waals surface area (Å²) in [7, 11) is 0. The van der Waals surface area contributed by atoms with Gasteiger partial charge >= 0.3 is 12.3 Å². The molecule has 0 aliphatic rings. The largest absolute Gasteiger partial charge is 0.397 e. The molecule has 0 atom stereocenters. The van der Waals surface area contributed by atoms with Crippen LogP contribution in [-0.4, -0.2) is 18.9 Å². The summed E-state index contributed by atoms with van der Waals surface area (Å²) in [5, 5.41) is 1.98. The van der Waals surface area contributed by atoms with Crippen molar-refractivity contribution in [2.75, 3.05) is 17.6 Å². The highest BCUT2D eigenvalue weighted by Crippen LogP contribution is 2.25. The van der Waals surface area contributed by atoms with Gasteiger partial charge in [0.25, 0.3) is 0 Å². The Morgan fingerprint density at radius 2 is 1.94 bits per heavy atom. The molecule has 0 aliphatic carbocycles. The average molecular weight is 240 g/mol. The summed E-state index contributed by atoms with van der Waals surface area (Å²) in [6, 6.07) is 3.04. The lowest BCUT2D eigenvalue weighted by atomic mass is 10.2. The van der Waals surface area contributed by atoms with Crippen molar-refractivity contribution in [3.63, 3.8) is 0 Å². The molecule has 16 heavy (non-hydrogen) atoms. The van der Waals surface area contributed by atoms with Crippen molar-refractivity contribution in [2.24, 2.45) is 0 Å². The molecule has 1 aromatic rings. The van der Waals surface area contributed by atoms with Gasteiger partial charge in [0, 0.05) is 0 Å². The summed E-state index contributed by atoms with van der Waals surface area (Å²) < 4.78 is 61.3. The number of nitrogen functional groups attached to an aromatic ring is 1. The van der Waals surface area contributed by atoms with Crippen LogP contribution in [0.1, 0.15) is 0 Å². The van der Waals surface area contributed by atoms with Gasteiger partial charge in [-0.25, -0.2) is 13.2 Å². The van der Waals surface area contributed by atoms with Crippen LogP contribution in [-0.2, 0) is 0 Å². The summed E-state index contributed by atoms with van der Waals surface area (Å²) in [6.07, 6.45) is -3.78. The lowest BCUT2D eigenvalue weighted by Crippen LogP contribution is -2.35. The maximum atomic E-state index is 12.7. The van der Waals surface area contributed by atoms with Crippen molar-refractivity contribution in [1.82, 2.24) is 0 Å². The predicted molar refractivity (Wildman–Crippen MR) is 50.3 cm³/mol. The fraction of sp³-hybridized carbons (Fsp3) is 0.333. The van der Waals surface area contributed by atoms with Crippen molar-refractivity contribution in [3.8, 4) is 0 Å². The van der Waals surface area contributed by atoms with E-state index in [1.807, 2.05) is 5.32 Å². The molecule has 0 saturated carbocycles. The van der Waals surface area contributed by atoms with Crippen LogP contribution in [0.5, 0.6) is 0 Å². The minimum Gasteiger partial charge on any atom is -0.397 e. The Kier molecular flexibility index (Phi) is 3.56. The number of rotatable bonds is 4. The van der Waals surface area contributed by atoms with E-state index >= 15 is 0 Å². The van der Waals surface area contributed by atoms with Crippen molar-refractivity contribution in [2.45, 2.75) is 12.3 Å². The molecule has 1 aromatic carbocycles. The average Bonchev–Trinajstić information content (AvgIpc) is 2.19. The normalized spacial score (nSPS) is 11.9. The van der Waals surface area contributed by atoms with E-state index in [-0.39, 0.29) is 11.4 Å². The first kappa shape index (κ1) is 12.5. The maximum Gasteiger partial charge on any atom is 0.324 e. The predicted octanol–water partition coefficient (Wildman–Crippen LogP) is 2.72. The first-order valence-electron chi connectivity index (χ1n) is 4.28. The fourth-order valence-corrected chi connectivity index (χ4v) is 0.972. The summed E-state index contributed by atoms with van der Waals surface area (Å²) in [5.41, 5.74) is 5.20. The Morgan fingerprint density at radius 1 is 1.31 bits per heavy atom. The minimum absolute atomic E-state index is 0.00599. The SMILES string of the molecule is Nc1ccc(F)cc1NCC(F)(F)C(F)F. The van der Waals surface area contributed by atoms with Crippen molar-refractivity contribution >= 4 is 11.4 Å². The number of nitrogens with one attached hydrogen (secondary N) is 1. The number of halogens is 5. The van der Waals surface area contributed by atoms with E-state index in [2.05, 4.69) is 0 Å². The molecule has 1 rings (SSSR count). The van der Waals surface area contributed by atoms with Gasteiger partial charge in [-0.05, 0) is 18.2 Å². The Bertz CT molecular complexity index is 367. The number of nitrogens with two attached hydrogens (primary N) is 1. The molecule has 3 N–H and O–H groups in total. The molecule has 90 valence electrons. The molecular weight excluding hydrogens is 231 g/mol.